The highest BCUT2D eigenvalue weighted by Crippen LogP contribution is 2.70. The van der Waals surface area contributed by atoms with Gasteiger partial charge in [-0.25, -0.2) is 4.39 Å². The van der Waals surface area contributed by atoms with E-state index >= 15 is 4.39 Å². The number of ether oxygens (including phenoxy) is 1. The fourth-order valence-corrected chi connectivity index (χ4v) is 9.09. The zero-order valence-corrected chi connectivity index (χ0v) is 24.5. The van der Waals surface area contributed by atoms with Crippen molar-refractivity contribution in [3.05, 3.63) is 29.3 Å². The Kier molecular flexibility index (Phi) is 6.71. The second-order valence-electron chi connectivity index (χ2n) is 13.9. The molecule has 5 heteroatoms. The van der Waals surface area contributed by atoms with Crippen molar-refractivity contribution in [3.8, 4) is 5.75 Å². The molecule has 35 heavy (non-hydrogen) atoms. The summed E-state index contributed by atoms with van der Waals surface area (Å²) >= 11 is 5.98. The molecule has 2 saturated carbocycles. The quantitative estimate of drug-likeness (QED) is 0.155. The monoisotopic (exact) mass is 520 g/mol. The van der Waals surface area contributed by atoms with Crippen molar-refractivity contribution in [2.24, 2.45) is 23.2 Å². The van der Waals surface area contributed by atoms with Crippen LogP contribution < -0.4 is 4.43 Å². The largest absolute Gasteiger partial charge is 0.543 e. The Morgan fingerprint density at radius 2 is 1.94 bits per heavy atom. The molecule has 2 nitrogen and oxygen atoms in total. The summed E-state index contributed by atoms with van der Waals surface area (Å²) < 4.78 is 29.0. The highest BCUT2D eigenvalue weighted by Gasteiger charge is 2.71. The number of rotatable bonds is 7. The van der Waals surface area contributed by atoms with E-state index in [1.54, 1.807) is 0 Å². The number of fused-ring (bicyclic) bond motifs is 6. The van der Waals surface area contributed by atoms with Crippen LogP contribution in [0.15, 0.2) is 18.2 Å². The molecule has 5 rings (SSSR count). The summed E-state index contributed by atoms with van der Waals surface area (Å²) in [5.74, 6) is 3.26. The van der Waals surface area contributed by atoms with Crippen molar-refractivity contribution in [2.45, 2.75) is 115 Å². The minimum absolute atomic E-state index is 0.00907. The first-order chi connectivity index (χ1) is 16.4. The van der Waals surface area contributed by atoms with Gasteiger partial charge in [-0.15, -0.1) is 11.6 Å². The van der Waals surface area contributed by atoms with Gasteiger partial charge >= 0.3 is 0 Å². The highest BCUT2D eigenvalue weighted by atomic mass is 35.5. The zero-order valence-electron chi connectivity index (χ0n) is 22.8. The van der Waals surface area contributed by atoms with Gasteiger partial charge in [-0.2, -0.15) is 0 Å². The third-order valence-electron chi connectivity index (χ3n) is 11.0. The molecule has 0 unspecified atom stereocenters. The predicted molar refractivity (Wildman–Crippen MR) is 146 cm³/mol. The normalized spacial score (nSPS) is 38.1. The van der Waals surface area contributed by atoms with Gasteiger partial charge in [-0.3, -0.25) is 0 Å². The zero-order chi connectivity index (χ0) is 25.2. The highest BCUT2D eigenvalue weighted by molar-refractivity contribution is 6.74. The van der Waals surface area contributed by atoms with E-state index in [0.29, 0.717) is 24.2 Å². The van der Waals surface area contributed by atoms with Crippen LogP contribution in [0.2, 0.25) is 18.1 Å². The lowest BCUT2D eigenvalue weighted by Crippen LogP contribution is -2.52. The van der Waals surface area contributed by atoms with Crippen molar-refractivity contribution in [1.29, 1.82) is 0 Å². The van der Waals surface area contributed by atoms with Crippen molar-refractivity contribution in [3.63, 3.8) is 0 Å². The minimum atomic E-state index is -1.92. The number of epoxide rings is 1. The Labute approximate surface area is 218 Å². The third kappa shape index (κ3) is 4.32. The molecule has 7 atom stereocenters. The van der Waals surface area contributed by atoms with Crippen LogP contribution in [0.3, 0.4) is 0 Å². The first kappa shape index (κ1) is 26.0. The number of benzene rings is 1. The number of hydrogen-bond donors (Lipinski definition) is 0. The summed E-state index contributed by atoms with van der Waals surface area (Å²) in [5.41, 5.74) is 2.57. The van der Waals surface area contributed by atoms with Gasteiger partial charge < -0.3 is 9.16 Å². The van der Waals surface area contributed by atoms with Crippen LogP contribution in [-0.2, 0) is 11.2 Å². The summed E-state index contributed by atoms with van der Waals surface area (Å²) in [5, 5.41) is 0.153. The fourth-order valence-electron chi connectivity index (χ4n) is 7.88. The topological polar surface area (TPSA) is 21.8 Å². The van der Waals surface area contributed by atoms with E-state index in [4.69, 9.17) is 20.8 Å². The molecule has 1 spiro atoms. The molecule has 0 N–H and O–H groups in total. The second kappa shape index (κ2) is 9.01. The van der Waals surface area contributed by atoms with Gasteiger partial charge in [0, 0.05) is 17.2 Å². The maximum Gasteiger partial charge on any atom is 0.250 e. The standard InChI is InChI=1S/C30H46ClFO2Si/c1-28(2,3)35(5,6)34-22-11-12-23-21(17-22)16-20(10-8-7-9-15-31)26-24-13-14-30(19-33-30)29(24,4)18-25(32)27(23)26/h11-12,17,20,24-27H,7-10,13-16,18-19H2,1-6H3/t20-,24+,25+,26+,27+,29+,30+/m1/s1. The maximum absolute atomic E-state index is 16.3. The minimum Gasteiger partial charge on any atom is -0.543 e. The van der Waals surface area contributed by atoms with Crippen LogP contribution in [-0.4, -0.2) is 32.6 Å². The molecule has 1 heterocycles. The molecule has 196 valence electrons. The predicted octanol–water partition coefficient (Wildman–Crippen LogP) is 8.67. The average molecular weight is 521 g/mol. The SMILES string of the molecule is CC(C)(C)[Si](C)(C)Oc1ccc2c(c1)C[C@@H](CCCCCCl)[C@@H]1[C@@H]2[C@@H](F)C[C@@]2(C)[C@H]1CC[C@]21CO1. The van der Waals surface area contributed by atoms with Gasteiger partial charge in [0.05, 0.1) is 12.2 Å². The Morgan fingerprint density at radius 1 is 1.20 bits per heavy atom. The Morgan fingerprint density at radius 3 is 2.60 bits per heavy atom. The summed E-state index contributed by atoms with van der Waals surface area (Å²) in [4.78, 5) is 0. The van der Waals surface area contributed by atoms with E-state index < -0.39 is 14.5 Å². The van der Waals surface area contributed by atoms with Crippen LogP contribution in [0.5, 0.6) is 5.75 Å². The summed E-state index contributed by atoms with van der Waals surface area (Å²) in [6, 6.07) is 6.64. The van der Waals surface area contributed by atoms with Crippen LogP contribution in [0, 0.1) is 23.2 Å². The van der Waals surface area contributed by atoms with Gasteiger partial charge in [0.15, 0.2) is 0 Å². The molecule has 1 aromatic rings. The molecule has 3 aliphatic carbocycles. The van der Waals surface area contributed by atoms with Crippen LogP contribution in [0.25, 0.3) is 0 Å². The number of alkyl halides is 2. The van der Waals surface area contributed by atoms with Gasteiger partial charge in [0.2, 0.25) is 8.32 Å². The lowest BCUT2D eigenvalue weighted by molar-refractivity contribution is -0.0531. The number of hydrogen-bond acceptors (Lipinski definition) is 2. The number of halogens is 2. The molecule has 4 aliphatic rings. The van der Waals surface area contributed by atoms with E-state index in [2.05, 4.69) is 59.0 Å². The van der Waals surface area contributed by atoms with Gasteiger partial charge in [0.1, 0.15) is 11.9 Å². The van der Waals surface area contributed by atoms with Crippen molar-refractivity contribution >= 4 is 19.9 Å². The van der Waals surface area contributed by atoms with Crippen molar-refractivity contribution < 1.29 is 13.6 Å². The van der Waals surface area contributed by atoms with E-state index in [-0.39, 0.29) is 22.0 Å². The van der Waals surface area contributed by atoms with E-state index in [9.17, 15) is 0 Å². The molecule has 0 aromatic heterocycles. The third-order valence-corrected chi connectivity index (χ3v) is 15.6. The van der Waals surface area contributed by atoms with Gasteiger partial charge in [-0.1, -0.05) is 46.6 Å². The molecule has 1 aliphatic heterocycles. The molecule has 3 fully saturated rings. The molecular weight excluding hydrogens is 475 g/mol. The lowest BCUT2D eigenvalue weighted by atomic mass is 9.50. The average Bonchev–Trinajstić information content (AvgIpc) is 3.51. The molecular formula is C30H46ClFO2Si. The Balaban J connectivity index is 1.47. The van der Waals surface area contributed by atoms with Crippen LogP contribution in [0.4, 0.5) is 4.39 Å². The molecule has 0 bridgehead atoms. The van der Waals surface area contributed by atoms with Crippen molar-refractivity contribution in [2.75, 3.05) is 12.5 Å². The fraction of sp³-hybridized carbons (Fsp3) is 0.800. The second-order valence-corrected chi connectivity index (χ2v) is 19.0. The smallest absolute Gasteiger partial charge is 0.250 e. The summed E-state index contributed by atoms with van der Waals surface area (Å²) in [6.45, 7) is 14.7. The van der Waals surface area contributed by atoms with E-state index in [0.717, 1.165) is 37.5 Å². The van der Waals surface area contributed by atoms with Crippen LogP contribution >= 0.6 is 11.6 Å². The Bertz CT molecular complexity index is 939. The molecule has 1 aromatic carbocycles. The van der Waals surface area contributed by atoms with Crippen LogP contribution in [0.1, 0.15) is 89.7 Å². The first-order valence-corrected chi connectivity index (χ1v) is 17.5. The molecule has 0 radical (unpaired) electrons. The first-order valence-electron chi connectivity index (χ1n) is 14.1. The van der Waals surface area contributed by atoms with Gasteiger partial charge in [-0.05, 0) is 97.7 Å². The maximum atomic E-state index is 16.3. The van der Waals surface area contributed by atoms with E-state index in [1.165, 1.54) is 36.8 Å². The summed E-state index contributed by atoms with van der Waals surface area (Å²) in [6.07, 6.45) is 7.85. The molecule has 1 saturated heterocycles. The Hall–Kier alpha value is -0.583. The van der Waals surface area contributed by atoms with Gasteiger partial charge in [0.25, 0.3) is 0 Å². The summed E-state index contributed by atoms with van der Waals surface area (Å²) in [7, 11) is -1.92. The lowest BCUT2D eigenvalue weighted by Gasteiger charge is -2.54. The number of unbranched alkanes of at least 4 members (excludes halogenated alkanes) is 2. The van der Waals surface area contributed by atoms with E-state index in [1.807, 2.05) is 0 Å². The molecule has 0 amide bonds. The van der Waals surface area contributed by atoms with Crippen molar-refractivity contribution in [1.82, 2.24) is 0 Å².